The van der Waals surface area contributed by atoms with Crippen LogP contribution in [0.2, 0.25) is 0 Å². The van der Waals surface area contributed by atoms with E-state index in [1.54, 1.807) is 13.1 Å². The molecule has 0 saturated heterocycles. The molecule has 1 N–H and O–H groups in total. The van der Waals surface area contributed by atoms with Gasteiger partial charge in [0.25, 0.3) is 5.91 Å². The lowest BCUT2D eigenvalue weighted by molar-refractivity contribution is 0.102. The molecule has 1 amide bonds. The lowest BCUT2D eigenvalue weighted by Crippen LogP contribution is -2.15. The van der Waals surface area contributed by atoms with Gasteiger partial charge in [0.15, 0.2) is 5.76 Å². The Kier molecular flexibility index (Phi) is 4.40. The van der Waals surface area contributed by atoms with Crippen molar-refractivity contribution in [1.82, 2.24) is 10.1 Å². The Morgan fingerprint density at radius 2 is 1.90 bits per heavy atom. The number of aryl methyl sites for hydroxylation is 1. The normalized spacial score (nSPS) is 11.2. The Bertz CT molecular complexity index is 627. The molecule has 2 heterocycles. The van der Waals surface area contributed by atoms with Crippen molar-refractivity contribution in [2.24, 2.45) is 0 Å². The zero-order valence-corrected chi connectivity index (χ0v) is 13.1. The number of hydrogen-bond donors (Lipinski definition) is 1. The Morgan fingerprint density at radius 3 is 2.43 bits per heavy atom. The molecule has 5 heteroatoms. The minimum Gasteiger partial charge on any atom is -0.360 e. The quantitative estimate of drug-likeness (QED) is 0.926. The number of carbonyl (C=O) groups is 1. The third kappa shape index (κ3) is 3.29. The zero-order chi connectivity index (χ0) is 15.6. The van der Waals surface area contributed by atoms with Crippen molar-refractivity contribution in [3.8, 4) is 0 Å². The number of rotatable bonds is 4. The van der Waals surface area contributed by atoms with Gasteiger partial charge in [0, 0.05) is 11.6 Å². The summed E-state index contributed by atoms with van der Waals surface area (Å²) in [6.07, 6.45) is 1.67. The molecule has 2 aromatic rings. The van der Waals surface area contributed by atoms with Gasteiger partial charge in [0.05, 0.1) is 17.6 Å². The minimum atomic E-state index is -0.212. The number of amides is 1. The molecule has 0 bridgehead atoms. The van der Waals surface area contributed by atoms with Crippen molar-refractivity contribution in [1.29, 1.82) is 0 Å². The minimum absolute atomic E-state index is 0.105. The van der Waals surface area contributed by atoms with Crippen molar-refractivity contribution in [3.05, 3.63) is 41.0 Å². The van der Waals surface area contributed by atoms with Gasteiger partial charge in [-0.05, 0) is 25.0 Å². The second kappa shape index (κ2) is 6.08. The monoisotopic (exact) mass is 287 g/mol. The number of nitrogens with one attached hydrogen (secondary N) is 1. The first-order chi connectivity index (χ1) is 9.90. The van der Waals surface area contributed by atoms with Crippen molar-refractivity contribution < 1.29 is 9.32 Å². The fraction of sp³-hybridized carbons (Fsp3) is 0.438. The van der Waals surface area contributed by atoms with E-state index in [4.69, 9.17) is 4.52 Å². The molecule has 0 aliphatic heterocycles. The predicted octanol–water partition coefficient (Wildman–Crippen LogP) is 3.88. The second-order valence-corrected chi connectivity index (χ2v) is 5.74. The summed E-state index contributed by atoms with van der Waals surface area (Å²) in [7, 11) is 0. The number of hydrogen-bond acceptors (Lipinski definition) is 4. The molecule has 0 unspecified atom stereocenters. The summed E-state index contributed by atoms with van der Waals surface area (Å²) in [4.78, 5) is 16.7. The summed E-state index contributed by atoms with van der Waals surface area (Å²) >= 11 is 0. The fourth-order valence-electron chi connectivity index (χ4n) is 2.07. The SMILES string of the molecule is Cc1noc(C(C)C)c1C(=O)Nc1ccc(C(C)C)nc1. The molecular formula is C16H21N3O2. The third-order valence-electron chi connectivity index (χ3n) is 3.28. The predicted molar refractivity (Wildman–Crippen MR) is 81.6 cm³/mol. The summed E-state index contributed by atoms with van der Waals surface area (Å²) in [6.45, 7) is 9.86. The molecule has 5 nitrogen and oxygen atoms in total. The lowest BCUT2D eigenvalue weighted by atomic mass is 10.0. The lowest BCUT2D eigenvalue weighted by Gasteiger charge is -2.08. The van der Waals surface area contributed by atoms with Crippen LogP contribution >= 0.6 is 0 Å². The molecule has 0 atom stereocenters. The summed E-state index contributed by atoms with van der Waals surface area (Å²) in [6, 6.07) is 3.78. The van der Waals surface area contributed by atoms with Gasteiger partial charge in [-0.25, -0.2) is 0 Å². The van der Waals surface area contributed by atoms with Crippen LogP contribution in [0.5, 0.6) is 0 Å². The van der Waals surface area contributed by atoms with Crippen LogP contribution in [-0.4, -0.2) is 16.0 Å². The highest BCUT2D eigenvalue weighted by molar-refractivity contribution is 6.05. The Labute approximate surface area is 124 Å². The molecule has 0 aliphatic rings. The highest BCUT2D eigenvalue weighted by atomic mass is 16.5. The van der Waals surface area contributed by atoms with Gasteiger partial charge < -0.3 is 9.84 Å². The second-order valence-electron chi connectivity index (χ2n) is 5.74. The molecule has 0 spiro atoms. The van der Waals surface area contributed by atoms with E-state index < -0.39 is 0 Å². The van der Waals surface area contributed by atoms with Crippen LogP contribution in [0, 0.1) is 6.92 Å². The van der Waals surface area contributed by atoms with E-state index in [0.29, 0.717) is 28.6 Å². The molecule has 0 aromatic carbocycles. The van der Waals surface area contributed by atoms with E-state index in [1.807, 2.05) is 26.0 Å². The van der Waals surface area contributed by atoms with Gasteiger partial charge >= 0.3 is 0 Å². The summed E-state index contributed by atoms with van der Waals surface area (Å²) < 4.78 is 5.24. The van der Waals surface area contributed by atoms with Crippen LogP contribution in [0.1, 0.15) is 67.0 Å². The third-order valence-corrected chi connectivity index (χ3v) is 3.28. The number of carbonyl (C=O) groups excluding carboxylic acids is 1. The van der Waals surface area contributed by atoms with Gasteiger partial charge in [-0.1, -0.05) is 32.9 Å². The van der Waals surface area contributed by atoms with Crippen molar-refractivity contribution in [2.45, 2.75) is 46.5 Å². The number of nitrogens with zero attached hydrogens (tertiary/aromatic N) is 2. The van der Waals surface area contributed by atoms with Crippen molar-refractivity contribution in [2.75, 3.05) is 5.32 Å². The molecule has 0 radical (unpaired) electrons. The molecule has 0 aliphatic carbocycles. The smallest absolute Gasteiger partial charge is 0.261 e. The van der Waals surface area contributed by atoms with Crippen LogP contribution < -0.4 is 5.32 Å². The maximum Gasteiger partial charge on any atom is 0.261 e. The summed E-state index contributed by atoms with van der Waals surface area (Å²) in [5.41, 5.74) is 2.78. The van der Waals surface area contributed by atoms with Crippen molar-refractivity contribution >= 4 is 11.6 Å². The molecular weight excluding hydrogens is 266 g/mol. The summed E-state index contributed by atoms with van der Waals surface area (Å²) in [5, 5.41) is 6.73. The zero-order valence-electron chi connectivity index (χ0n) is 13.1. The topological polar surface area (TPSA) is 68.0 Å². The largest absolute Gasteiger partial charge is 0.360 e. The maximum absolute atomic E-state index is 12.4. The van der Waals surface area contributed by atoms with Crippen LogP contribution in [0.4, 0.5) is 5.69 Å². The van der Waals surface area contributed by atoms with E-state index in [1.165, 1.54) is 0 Å². The first kappa shape index (κ1) is 15.2. The Balaban J connectivity index is 2.20. The number of pyridine rings is 1. The van der Waals surface area contributed by atoms with Crippen LogP contribution in [-0.2, 0) is 0 Å². The van der Waals surface area contributed by atoms with Gasteiger partial charge in [-0.15, -0.1) is 0 Å². The van der Waals surface area contributed by atoms with Crippen molar-refractivity contribution in [3.63, 3.8) is 0 Å². The molecule has 0 saturated carbocycles. The van der Waals surface area contributed by atoms with Crippen LogP contribution in [0.3, 0.4) is 0 Å². The first-order valence-electron chi connectivity index (χ1n) is 7.13. The highest BCUT2D eigenvalue weighted by Crippen LogP contribution is 2.23. The van der Waals surface area contributed by atoms with E-state index in [0.717, 1.165) is 5.69 Å². The van der Waals surface area contributed by atoms with E-state index in [-0.39, 0.29) is 11.8 Å². The van der Waals surface area contributed by atoms with Gasteiger partial charge in [-0.2, -0.15) is 0 Å². The maximum atomic E-state index is 12.4. The molecule has 21 heavy (non-hydrogen) atoms. The molecule has 0 fully saturated rings. The number of anilines is 1. The summed E-state index contributed by atoms with van der Waals surface area (Å²) in [5.74, 6) is 0.865. The molecule has 2 aromatic heterocycles. The van der Waals surface area contributed by atoms with Gasteiger partial charge in [-0.3, -0.25) is 9.78 Å². The van der Waals surface area contributed by atoms with Crippen LogP contribution in [0.25, 0.3) is 0 Å². The van der Waals surface area contributed by atoms with E-state index in [9.17, 15) is 4.79 Å². The average molecular weight is 287 g/mol. The van der Waals surface area contributed by atoms with Gasteiger partial charge in [0.2, 0.25) is 0 Å². The standard InChI is InChI=1S/C16H21N3O2/c1-9(2)13-7-6-12(8-17-13)18-16(20)14-11(5)19-21-15(14)10(3)4/h6-10H,1-5H3,(H,18,20). The average Bonchev–Trinajstić information content (AvgIpc) is 2.81. The Morgan fingerprint density at radius 1 is 1.19 bits per heavy atom. The van der Waals surface area contributed by atoms with Gasteiger partial charge in [0.1, 0.15) is 5.56 Å². The molecule has 112 valence electrons. The fourth-order valence-corrected chi connectivity index (χ4v) is 2.07. The highest BCUT2D eigenvalue weighted by Gasteiger charge is 2.22. The first-order valence-corrected chi connectivity index (χ1v) is 7.13. The van der Waals surface area contributed by atoms with Crippen LogP contribution in [0.15, 0.2) is 22.9 Å². The molecule has 2 rings (SSSR count). The Hall–Kier alpha value is -2.17. The van der Waals surface area contributed by atoms with E-state index in [2.05, 4.69) is 29.3 Å². The van der Waals surface area contributed by atoms with E-state index >= 15 is 0 Å². The number of aromatic nitrogens is 2.